The van der Waals surface area contributed by atoms with Crippen molar-refractivity contribution in [2.24, 2.45) is 0 Å². The Labute approximate surface area is 157 Å². The first-order valence-corrected chi connectivity index (χ1v) is 8.56. The predicted octanol–water partition coefficient (Wildman–Crippen LogP) is 3.34. The fourth-order valence-corrected chi connectivity index (χ4v) is 2.90. The number of hydrogen-bond donors (Lipinski definition) is 0. The molecule has 1 fully saturated rings. The highest BCUT2D eigenvalue weighted by Gasteiger charge is 2.17. The first kappa shape index (κ1) is 18.6. The van der Waals surface area contributed by atoms with Crippen LogP contribution in [0.4, 0.5) is 11.4 Å². The molecule has 0 spiro atoms. The number of non-ortho nitro benzene ring substituents is 1. The number of morpholine rings is 1. The smallest absolute Gasteiger partial charge is 0.270 e. The van der Waals surface area contributed by atoms with E-state index >= 15 is 0 Å². The van der Waals surface area contributed by atoms with Gasteiger partial charge in [-0.25, -0.2) is 0 Å². The number of rotatable bonds is 6. The predicted molar refractivity (Wildman–Crippen MR) is 102 cm³/mol. The van der Waals surface area contributed by atoms with Crippen LogP contribution >= 0.6 is 0 Å². The summed E-state index contributed by atoms with van der Waals surface area (Å²) in [5, 5.41) is 11.1. The van der Waals surface area contributed by atoms with Crippen molar-refractivity contribution in [1.82, 2.24) is 0 Å². The lowest BCUT2D eigenvalue weighted by Crippen LogP contribution is -2.36. The van der Waals surface area contributed by atoms with Crippen molar-refractivity contribution < 1.29 is 19.2 Å². The summed E-state index contributed by atoms with van der Waals surface area (Å²) in [7, 11) is 1.56. The van der Waals surface area contributed by atoms with E-state index in [-0.39, 0.29) is 11.5 Å². The average molecular weight is 368 g/mol. The number of carbonyl (C=O) groups excluding carboxylic acids is 1. The van der Waals surface area contributed by atoms with Crippen LogP contribution in [0.3, 0.4) is 0 Å². The lowest BCUT2D eigenvalue weighted by Gasteiger charge is -2.30. The van der Waals surface area contributed by atoms with Gasteiger partial charge in [-0.1, -0.05) is 0 Å². The maximum Gasteiger partial charge on any atom is 0.270 e. The molecule has 0 bridgehead atoms. The molecule has 0 saturated carbocycles. The molecular weight excluding hydrogens is 348 g/mol. The van der Waals surface area contributed by atoms with E-state index in [1.807, 2.05) is 0 Å². The third-order valence-electron chi connectivity index (χ3n) is 4.36. The zero-order valence-electron chi connectivity index (χ0n) is 15.0. The van der Waals surface area contributed by atoms with Gasteiger partial charge in [-0.2, -0.15) is 0 Å². The fraction of sp³-hybridized carbons (Fsp3) is 0.250. The van der Waals surface area contributed by atoms with Gasteiger partial charge in [0.2, 0.25) is 0 Å². The maximum absolute atomic E-state index is 12.4. The van der Waals surface area contributed by atoms with Crippen molar-refractivity contribution in [3.05, 3.63) is 69.8 Å². The highest BCUT2D eigenvalue weighted by atomic mass is 16.6. The highest BCUT2D eigenvalue weighted by Crippen LogP contribution is 2.27. The topological polar surface area (TPSA) is 81.9 Å². The van der Waals surface area contributed by atoms with Crippen LogP contribution in [-0.4, -0.2) is 44.1 Å². The highest BCUT2D eigenvalue weighted by molar-refractivity contribution is 6.07. The number of ketones is 1. The van der Waals surface area contributed by atoms with Crippen LogP contribution in [0.1, 0.15) is 15.9 Å². The molecule has 0 unspecified atom stereocenters. The molecule has 3 rings (SSSR count). The van der Waals surface area contributed by atoms with Crippen LogP contribution in [0.2, 0.25) is 0 Å². The minimum absolute atomic E-state index is 0.0106. The fourth-order valence-electron chi connectivity index (χ4n) is 2.90. The Kier molecular flexibility index (Phi) is 5.83. The summed E-state index contributed by atoms with van der Waals surface area (Å²) in [5.41, 5.74) is 1.99. The summed E-state index contributed by atoms with van der Waals surface area (Å²) in [6.07, 6.45) is 3.06. The van der Waals surface area contributed by atoms with E-state index in [9.17, 15) is 14.9 Å². The summed E-state index contributed by atoms with van der Waals surface area (Å²) in [6, 6.07) is 11.5. The van der Waals surface area contributed by atoms with Gasteiger partial charge in [0.1, 0.15) is 5.75 Å². The lowest BCUT2D eigenvalue weighted by molar-refractivity contribution is -0.384. The maximum atomic E-state index is 12.4. The van der Waals surface area contributed by atoms with Crippen LogP contribution in [0.5, 0.6) is 5.75 Å². The number of methoxy groups -OCH3 is 1. The zero-order valence-corrected chi connectivity index (χ0v) is 15.0. The van der Waals surface area contributed by atoms with Gasteiger partial charge < -0.3 is 14.4 Å². The first-order chi connectivity index (χ1) is 13.1. The second-order valence-electron chi connectivity index (χ2n) is 6.03. The van der Waals surface area contributed by atoms with Crippen molar-refractivity contribution >= 4 is 23.2 Å². The van der Waals surface area contributed by atoms with Crippen LogP contribution < -0.4 is 9.64 Å². The number of hydrogen-bond acceptors (Lipinski definition) is 6. The minimum Gasteiger partial charge on any atom is -0.497 e. The van der Waals surface area contributed by atoms with Crippen LogP contribution in [0.25, 0.3) is 6.08 Å². The molecule has 0 atom stereocenters. The molecule has 27 heavy (non-hydrogen) atoms. The number of nitro groups is 1. The summed E-state index contributed by atoms with van der Waals surface area (Å²) in [4.78, 5) is 25.2. The molecule has 7 nitrogen and oxygen atoms in total. The van der Waals surface area contributed by atoms with Crippen molar-refractivity contribution in [3.8, 4) is 5.75 Å². The Morgan fingerprint density at radius 1 is 1.19 bits per heavy atom. The summed E-state index contributed by atoms with van der Waals surface area (Å²) >= 11 is 0. The third kappa shape index (κ3) is 4.51. The van der Waals surface area contributed by atoms with Gasteiger partial charge in [-0.05, 0) is 42.5 Å². The normalized spacial score (nSPS) is 14.3. The molecule has 0 radical (unpaired) electrons. The van der Waals surface area contributed by atoms with E-state index in [1.54, 1.807) is 43.5 Å². The van der Waals surface area contributed by atoms with E-state index in [4.69, 9.17) is 9.47 Å². The standard InChI is InChI=1S/C20H20N2O5/c1-26-18-6-2-15(3-7-18)20(23)9-4-16-14-17(22(24)25)5-8-19(16)21-10-12-27-13-11-21/h2-9,14H,10-13H2,1H3/b9-4+. The molecule has 2 aromatic rings. The molecule has 2 aromatic carbocycles. The average Bonchev–Trinajstić information content (AvgIpc) is 2.72. The van der Waals surface area contributed by atoms with E-state index in [0.717, 1.165) is 5.69 Å². The van der Waals surface area contributed by atoms with Gasteiger partial charge in [0.15, 0.2) is 5.78 Å². The summed E-state index contributed by atoms with van der Waals surface area (Å²) < 4.78 is 10.5. The Bertz CT molecular complexity index is 855. The molecule has 0 aromatic heterocycles. The number of ether oxygens (including phenoxy) is 2. The monoisotopic (exact) mass is 368 g/mol. The quantitative estimate of drug-likeness (QED) is 0.337. The van der Waals surface area contributed by atoms with Crippen LogP contribution in [0.15, 0.2) is 48.5 Å². The van der Waals surface area contributed by atoms with E-state index in [1.165, 1.54) is 18.2 Å². The van der Waals surface area contributed by atoms with Crippen molar-refractivity contribution in [3.63, 3.8) is 0 Å². The Hall–Kier alpha value is -3.19. The number of carbonyl (C=O) groups is 1. The molecule has 1 heterocycles. The van der Waals surface area contributed by atoms with E-state index < -0.39 is 4.92 Å². The number of nitrogens with zero attached hydrogens (tertiary/aromatic N) is 2. The second-order valence-corrected chi connectivity index (χ2v) is 6.03. The SMILES string of the molecule is COc1ccc(C(=O)/C=C/c2cc([N+](=O)[O-])ccc2N2CCOCC2)cc1. The van der Waals surface area contributed by atoms with Gasteiger partial charge >= 0.3 is 0 Å². The van der Waals surface area contributed by atoms with Gasteiger partial charge in [0.25, 0.3) is 5.69 Å². The number of allylic oxidation sites excluding steroid dienone is 1. The summed E-state index contributed by atoms with van der Waals surface area (Å²) in [5.74, 6) is 0.487. The summed E-state index contributed by atoms with van der Waals surface area (Å²) in [6.45, 7) is 2.60. The lowest BCUT2D eigenvalue weighted by atomic mass is 10.1. The zero-order chi connectivity index (χ0) is 19.2. The first-order valence-electron chi connectivity index (χ1n) is 8.56. The number of nitro benzene ring substituents is 1. The van der Waals surface area contributed by atoms with Crippen molar-refractivity contribution in [2.75, 3.05) is 38.3 Å². The third-order valence-corrected chi connectivity index (χ3v) is 4.36. The number of anilines is 1. The Morgan fingerprint density at radius 2 is 1.89 bits per heavy atom. The minimum atomic E-state index is -0.439. The van der Waals surface area contributed by atoms with Gasteiger partial charge in [-0.15, -0.1) is 0 Å². The van der Waals surface area contributed by atoms with Crippen molar-refractivity contribution in [2.45, 2.75) is 0 Å². The van der Waals surface area contributed by atoms with E-state index in [2.05, 4.69) is 4.90 Å². The largest absolute Gasteiger partial charge is 0.497 e. The Morgan fingerprint density at radius 3 is 2.52 bits per heavy atom. The molecule has 0 aliphatic carbocycles. The molecule has 0 amide bonds. The molecule has 7 heteroatoms. The van der Waals surface area contributed by atoms with E-state index in [0.29, 0.717) is 43.2 Å². The van der Waals surface area contributed by atoms with Crippen LogP contribution in [-0.2, 0) is 4.74 Å². The van der Waals surface area contributed by atoms with Crippen LogP contribution in [0, 0.1) is 10.1 Å². The number of benzene rings is 2. The molecule has 1 aliphatic rings. The molecule has 1 saturated heterocycles. The van der Waals surface area contributed by atoms with Gasteiger partial charge in [-0.3, -0.25) is 14.9 Å². The van der Waals surface area contributed by atoms with Gasteiger partial charge in [0.05, 0.1) is 25.2 Å². The molecule has 140 valence electrons. The molecular formula is C20H20N2O5. The molecule has 0 N–H and O–H groups in total. The van der Waals surface area contributed by atoms with Crippen molar-refractivity contribution in [1.29, 1.82) is 0 Å². The Balaban J connectivity index is 1.88. The second kappa shape index (κ2) is 8.46. The van der Waals surface area contributed by atoms with Gasteiger partial charge in [0, 0.05) is 42.0 Å². The molecule has 1 aliphatic heterocycles.